The van der Waals surface area contributed by atoms with Crippen molar-refractivity contribution in [3.05, 3.63) is 34.9 Å². The molecular formula is C20H35NO. The van der Waals surface area contributed by atoms with Crippen LogP contribution >= 0.6 is 0 Å². The van der Waals surface area contributed by atoms with Gasteiger partial charge in [0.1, 0.15) is 11.9 Å². The molecular weight excluding hydrogens is 270 g/mol. The zero-order chi connectivity index (χ0) is 17.1. The third kappa shape index (κ3) is 5.84. The lowest BCUT2D eigenvalue weighted by molar-refractivity contribution is 0.101. The van der Waals surface area contributed by atoms with E-state index in [1.54, 1.807) is 0 Å². The predicted molar refractivity (Wildman–Crippen MR) is 99.5 cm³/mol. The number of allylic oxidation sites excluding steroid dienone is 1. The summed E-state index contributed by atoms with van der Waals surface area (Å²) < 4.78 is 5.87. The van der Waals surface area contributed by atoms with Crippen LogP contribution in [-0.2, 0) is 6.42 Å². The molecule has 3 rings (SSSR count). The Bertz CT molecular complexity index is 445. The standard InChI is InChI=1S/C14H17NO.3C2H6/c1-9-4-10-2-3-13(6-11(10)5-9)16-14-7-12(15)8-14;3*1-2/h2-3,5-6,12,14H,4,7-8,15H2,1H3;3*1-2H3. The molecule has 0 radical (unpaired) electrons. The third-order valence-electron chi connectivity index (χ3n) is 3.42. The quantitative estimate of drug-likeness (QED) is 0.772. The second-order valence-electron chi connectivity index (χ2n) is 5.00. The summed E-state index contributed by atoms with van der Waals surface area (Å²) >= 11 is 0. The summed E-state index contributed by atoms with van der Waals surface area (Å²) in [4.78, 5) is 0. The third-order valence-corrected chi connectivity index (χ3v) is 3.42. The van der Waals surface area contributed by atoms with E-state index in [0.717, 1.165) is 25.0 Å². The zero-order valence-electron chi connectivity index (χ0n) is 15.6. The van der Waals surface area contributed by atoms with Gasteiger partial charge < -0.3 is 10.5 Å². The van der Waals surface area contributed by atoms with Gasteiger partial charge in [-0.05, 0) is 49.4 Å². The van der Waals surface area contributed by atoms with Crippen molar-refractivity contribution < 1.29 is 4.74 Å². The number of nitrogens with two attached hydrogens (primary N) is 1. The molecule has 2 heteroatoms. The highest BCUT2D eigenvalue weighted by Gasteiger charge is 2.27. The maximum absolute atomic E-state index is 5.87. The molecule has 22 heavy (non-hydrogen) atoms. The van der Waals surface area contributed by atoms with E-state index in [0.29, 0.717) is 12.1 Å². The second kappa shape index (κ2) is 11.3. The van der Waals surface area contributed by atoms with E-state index in [2.05, 4.69) is 31.2 Å². The number of hydrogen-bond donors (Lipinski definition) is 1. The van der Waals surface area contributed by atoms with Crippen molar-refractivity contribution in [2.24, 2.45) is 5.73 Å². The van der Waals surface area contributed by atoms with Gasteiger partial charge in [0.2, 0.25) is 0 Å². The molecule has 1 saturated carbocycles. The average Bonchev–Trinajstić information content (AvgIpc) is 2.91. The maximum atomic E-state index is 5.87. The van der Waals surface area contributed by atoms with Crippen LogP contribution in [0, 0.1) is 0 Å². The highest BCUT2D eigenvalue weighted by molar-refractivity contribution is 5.64. The van der Waals surface area contributed by atoms with Crippen LogP contribution in [-0.4, -0.2) is 12.1 Å². The van der Waals surface area contributed by atoms with Crippen molar-refractivity contribution in [2.75, 3.05) is 0 Å². The first kappa shape index (κ1) is 20.7. The van der Waals surface area contributed by atoms with Gasteiger partial charge in [0.05, 0.1) is 0 Å². The molecule has 126 valence electrons. The van der Waals surface area contributed by atoms with E-state index in [-0.39, 0.29) is 0 Å². The SMILES string of the molecule is CC.CC.CC.CC1=Cc2cc(OC3CC(N)C3)ccc2C1. The number of benzene rings is 1. The van der Waals surface area contributed by atoms with Crippen LogP contribution in [0.3, 0.4) is 0 Å². The average molecular weight is 306 g/mol. The Morgan fingerprint density at radius 2 is 1.59 bits per heavy atom. The van der Waals surface area contributed by atoms with Crippen molar-refractivity contribution in [3.8, 4) is 5.75 Å². The van der Waals surface area contributed by atoms with Crippen LogP contribution in [0.2, 0.25) is 0 Å². The monoisotopic (exact) mass is 305 g/mol. The van der Waals surface area contributed by atoms with E-state index in [1.807, 2.05) is 41.5 Å². The molecule has 0 amide bonds. The summed E-state index contributed by atoms with van der Waals surface area (Å²) in [6.07, 6.45) is 5.65. The summed E-state index contributed by atoms with van der Waals surface area (Å²) in [6, 6.07) is 6.75. The molecule has 0 atom stereocenters. The zero-order valence-corrected chi connectivity index (χ0v) is 15.6. The maximum Gasteiger partial charge on any atom is 0.120 e. The molecule has 2 aliphatic rings. The number of rotatable bonds is 2. The lowest BCUT2D eigenvalue weighted by Gasteiger charge is -2.32. The minimum Gasteiger partial charge on any atom is -0.490 e. The van der Waals surface area contributed by atoms with Crippen molar-refractivity contribution in [1.82, 2.24) is 0 Å². The smallest absolute Gasteiger partial charge is 0.120 e. The van der Waals surface area contributed by atoms with E-state index >= 15 is 0 Å². The van der Waals surface area contributed by atoms with Gasteiger partial charge in [-0.1, -0.05) is 59.3 Å². The largest absolute Gasteiger partial charge is 0.490 e. The highest BCUT2D eigenvalue weighted by Crippen LogP contribution is 2.30. The number of fused-ring (bicyclic) bond motifs is 1. The van der Waals surface area contributed by atoms with E-state index in [4.69, 9.17) is 10.5 Å². The normalized spacial score (nSPS) is 20.5. The first-order valence-corrected chi connectivity index (χ1v) is 8.93. The fourth-order valence-corrected chi connectivity index (χ4v) is 2.45. The van der Waals surface area contributed by atoms with Crippen LogP contribution in [0.1, 0.15) is 72.4 Å². The first-order valence-electron chi connectivity index (χ1n) is 8.93. The molecule has 0 heterocycles. The van der Waals surface area contributed by atoms with Crippen molar-refractivity contribution in [2.45, 2.75) is 79.9 Å². The van der Waals surface area contributed by atoms with Gasteiger partial charge in [0.15, 0.2) is 0 Å². The fraction of sp³-hybridized carbons (Fsp3) is 0.600. The fourth-order valence-electron chi connectivity index (χ4n) is 2.45. The van der Waals surface area contributed by atoms with Gasteiger partial charge in [-0.2, -0.15) is 0 Å². The summed E-state index contributed by atoms with van der Waals surface area (Å²) in [5, 5.41) is 0. The lowest BCUT2D eigenvalue weighted by atomic mass is 9.90. The molecule has 1 fully saturated rings. The van der Waals surface area contributed by atoms with Gasteiger partial charge in [-0.15, -0.1) is 0 Å². The second-order valence-corrected chi connectivity index (χ2v) is 5.00. The van der Waals surface area contributed by atoms with Gasteiger partial charge >= 0.3 is 0 Å². The molecule has 0 saturated heterocycles. The van der Waals surface area contributed by atoms with E-state index < -0.39 is 0 Å². The summed E-state index contributed by atoms with van der Waals surface area (Å²) in [7, 11) is 0. The van der Waals surface area contributed by atoms with Gasteiger partial charge in [-0.3, -0.25) is 0 Å². The first-order chi connectivity index (χ1) is 10.7. The molecule has 2 aliphatic carbocycles. The Labute approximate surface area is 137 Å². The summed E-state index contributed by atoms with van der Waals surface area (Å²) in [5.74, 6) is 0.988. The minimum atomic E-state index is 0.333. The molecule has 0 aromatic heterocycles. The molecule has 0 aliphatic heterocycles. The molecule has 2 N–H and O–H groups in total. The molecule has 0 bridgehead atoms. The number of ether oxygens (including phenoxy) is 1. The molecule has 0 spiro atoms. The van der Waals surface area contributed by atoms with E-state index in [9.17, 15) is 0 Å². The van der Waals surface area contributed by atoms with E-state index in [1.165, 1.54) is 16.7 Å². The van der Waals surface area contributed by atoms with Gasteiger partial charge in [-0.25, -0.2) is 0 Å². The molecule has 1 aromatic rings. The van der Waals surface area contributed by atoms with Crippen LogP contribution < -0.4 is 10.5 Å². The Morgan fingerprint density at radius 3 is 2.14 bits per heavy atom. The summed E-state index contributed by atoms with van der Waals surface area (Å²) in [6.45, 7) is 14.2. The summed E-state index contributed by atoms with van der Waals surface area (Å²) in [5.41, 5.74) is 9.90. The van der Waals surface area contributed by atoms with Crippen LogP contribution in [0.15, 0.2) is 23.8 Å². The molecule has 0 unspecified atom stereocenters. The Balaban J connectivity index is 0.000000661. The molecule has 1 aromatic carbocycles. The van der Waals surface area contributed by atoms with Gasteiger partial charge in [0.25, 0.3) is 0 Å². The topological polar surface area (TPSA) is 35.2 Å². The lowest BCUT2D eigenvalue weighted by Crippen LogP contribution is -2.43. The van der Waals surface area contributed by atoms with Crippen molar-refractivity contribution in [3.63, 3.8) is 0 Å². The van der Waals surface area contributed by atoms with Crippen LogP contribution in [0.4, 0.5) is 0 Å². The Kier molecular flexibility index (Phi) is 10.7. The molecule has 2 nitrogen and oxygen atoms in total. The van der Waals surface area contributed by atoms with Crippen LogP contribution in [0.5, 0.6) is 5.75 Å². The van der Waals surface area contributed by atoms with Crippen molar-refractivity contribution in [1.29, 1.82) is 0 Å². The minimum absolute atomic E-state index is 0.333. The van der Waals surface area contributed by atoms with Crippen molar-refractivity contribution >= 4 is 6.08 Å². The Hall–Kier alpha value is -1.28. The van der Waals surface area contributed by atoms with Crippen LogP contribution in [0.25, 0.3) is 6.08 Å². The predicted octanol–water partition coefficient (Wildman–Crippen LogP) is 5.59. The number of hydrogen-bond acceptors (Lipinski definition) is 2. The Morgan fingerprint density at radius 1 is 1.00 bits per heavy atom. The van der Waals surface area contributed by atoms with Gasteiger partial charge in [0, 0.05) is 6.04 Å². The highest BCUT2D eigenvalue weighted by atomic mass is 16.5.